The zero-order valence-electron chi connectivity index (χ0n) is 13.7. The SMILES string of the molecule is CC(=CCc1ccc2ccccc2c1)c1nccc2ccccc12. The Hall–Kier alpha value is -2.93. The monoisotopic (exact) mass is 309 g/mol. The Bertz CT molecular complexity index is 1040. The largest absolute Gasteiger partial charge is 0.256 e. The van der Waals surface area contributed by atoms with Gasteiger partial charge in [-0.3, -0.25) is 4.98 Å². The lowest BCUT2D eigenvalue weighted by molar-refractivity contribution is 1.25. The number of hydrogen-bond donors (Lipinski definition) is 0. The average molecular weight is 309 g/mol. The Balaban J connectivity index is 1.66. The van der Waals surface area contributed by atoms with E-state index in [2.05, 4.69) is 90.8 Å². The summed E-state index contributed by atoms with van der Waals surface area (Å²) in [5.41, 5.74) is 3.63. The van der Waals surface area contributed by atoms with Gasteiger partial charge in [-0.2, -0.15) is 0 Å². The first-order chi connectivity index (χ1) is 11.8. The second kappa shape index (κ2) is 6.29. The molecule has 0 bridgehead atoms. The van der Waals surface area contributed by atoms with Gasteiger partial charge in [-0.05, 0) is 46.7 Å². The van der Waals surface area contributed by atoms with Crippen molar-refractivity contribution in [3.8, 4) is 0 Å². The molecule has 0 aliphatic rings. The quantitative estimate of drug-likeness (QED) is 0.450. The van der Waals surface area contributed by atoms with Gasteiger partial charge >= 0.3 is 0 Å². The molecule has 4 rings (SSSR count). The molecule has 1 heteroatoms. The van der Waals surface area contributed by atoms with Crippen LogP contribution in [0.1, 0.15) is 18.2 Å². The van der Waals surface area contributed by atoms with Gasteiger partial charge in [0.1, 0.15) is 0 Å². The highest BCUT2D eigenvalue weighted by atomic mass is 14.7. The third-order valence-electron chi connectivity index (χ3n) is 4.50. The molecule has 1 aromatic heterocycles. The van der Waals surface area contributed by atoms with E-state index in [1.165, 1.54) is 32.7 Å². The maximum Gasteiger partial charge on any atom is 0.0734 e. The first kappa shape index (κ1) is 14.6. The summed E-state index contributed by atoms with van der Waals surface area (Å²) in [7, 11) is 0. The van der Waals surface area contributed by atoms with E-state index in [0.29, 0.717) is 0 Å². The van der Waals surface area contributed by atoms with Crippen LogP contribution in [-0.2, 0) is 6.42 Å². The van der Waals surface area contributed by atoms with Gasteiger partial charge in [0.2, 0.25) is 0 Å². The highest BCUT2D eigenvalue weighted by Crippen LogP contribution is 2.23. The van der Waals surface area contributed by atoms with E-state index < -0.39 is 0 Å². The summed E-state index contributed by atoms with van der Waals surface area (Å²) < 4.78 is 0. The smallest absolute Gasteiger partial charge is 0.0734 e. The standard InChI is InChI=1S/C23H19N/c1-17(23-22-9-5-4-7-20(22)14-15-24-23)10-11-18-12-13-19-6-2-3-8-21(19)16-18/h2-10,12-16H,11H2,1H3. The summed E-state index contributed by atoms with van der Waals surface area (Å²) in [6.07, 6.45) is 5.09. The average Bonchev–Trinajstić information content (AvgIpc) is 2.65. The summed E-state index contributed by atoms with van der Waals surface area (Å²) in [6.45, 7) is 2.15. The van der Waals surface area contributed by atoms with Gasteiger partial charge in [-0.1, -0.05) is 72.8 Å². The normalized spacial score (nSPS) is 12.0. The zero-order chi connectivity index (χ0) is 16.4. The van der Waals surface area contributed by atoms with Crippen LogP contribution in [0.2, 0.25) is 0 Å². The van der Waals surface area contributed by atoms with Crippen molar-refractivity contribution in [1.82, 2.24) is 4.98 Å². The van der Waals surface area contributed by atoms with E-state index in [9.17, 15) is 0 Å². The molecule has 4 aromatic rings. The van der Waals surface area contributed by atoms with Crippen LogP contribution in [0.3, 0.4) is 0 Å². The van der Waals surface area contributed by atoms with E-state index in [0.717, 1.165) is 12.1 Å². The fourth-order valence-electron chi connectivity index (χ4n) is 3.17. The van der Waals surface area contributed by atoms with E-state index >= 15 is 0 Å². The van der Waals surface area contributed by atoms with Gasteiger partial charge < -0.3 is 0 Å². The van der Waals surface area contributed by atoms with E-state index in [1.54, 1.807) is 0 Å². The Morgan fingerprint density at radius 1 is 0.833 bits per heavy atom. The molecule has 0 amide bonds. The molecule has 0 atom stereocenters. The molecular formula is C23H19N. The topological polar surface area (TPSA) is 12.9 Å². The number of nitrogens with zero attached hydrogens (tertiary/aromatic N) is 1. The lowest BCUT2D eigenvalue weighted by Crippen LogP contribution is -1.90. The maximum atomic E-state index is 4.60. The van der Waals surface area contributed by atoms with Crippen LogP contribution < -0.4 is 0 Å². The first-order valence-corrected chi connectivity index (χ1v) is 8.30. The van der Waals surface area contributed by atoms with Crippen LogP contribution in [0.4, 0.5) is 0 Å². The van der Waals surface area contributed by atoms with Crippen LogP contribution in [0.15, 0.2) is 85.1 Å². The first-order valence-electron chi connectivity index (χ1n) is 8.30. The molecule has 0 unspecified atom stereocenters. The molecule has 1 nitrogen and oxygen atoms in total. The van der Waals surface area contributed by atoms with Gasteiger partial charge in [-0.15, -0.1) is 0 Å². The molecule has 0 radical (unpaired) electrons. The third-order valence-corrected chi connectivity index (χ3v) is 4.50. The Morgan fingerprint density at radius 3 is 2.46 bits per heavy atom. The minimum absolute atomic E-state index is 0.918. The number of rotatable bonds is 3. The molecule has 1 heterocycles. The van der Waals surface area contributed by atoms with Crippen molar-refractivity contribution in [2.75, 3.05) is 0 Å². The van der Waals surface area contributed by atoms with Gasteiger partial charge in [0, 0.05) is 11.6 Å². The number of allylic oxidation sites excluding steroid dienone is 2. The van der Waals surface area contributed by atoms with E-state index in [-0.39, 0.29) is 0 Å². The second-order valence-corrected chi connectivity index (χ2v) is 6.15. The van der Waals surface area contributed by atoms with Crippen molar-refractivity contribution in [2.24, 2.45) is 0 Å². The van der Waals surface area contributed by atoms with Crippen molar-refractivity contribution in [1.29, 1.82) is 0 Å². The van der Waals surface area contributed by atoms with Crippen molar-refractivity contribution < 1.29 is 0 Å². The van der Waals surface area contributed by atoms with Crippen LogP contribution >= 0.6 is 0 Å². The molecule has 0 spiro atoms. The van der Waals surface area contributed by atoms with Crippen LogP contribution in [0.25, 0.3) is 27.1 Å². The summed E-state index contributed by atoms with van der Waals surface area (Å²) >= 11 is 0. The van der Waals surface area contributed by atoms with Crippen LogP contribution in [0, 0.1) is 0 Å². The number of fused-ring (bicyclic) bond motifs is 2. The molecule has 116 valence electrons. The maximum absolute atomic E-state index is 4.60. The van der Waals surface area contributed by atoms with Crippen molar-refractivity contribution in [3.63, 3.8) is 0 Å². The van der Waals surface area contributed by atoms with Crippen LogP contribution in [0.5, 0.6) is 0 Å². The lowest BCUT2D eigenvalue weighted by Gasteiger charge is -2.06. The Labute approximate surface area is 142 Å². The zero-order valence-corrected chi connectivity index (χ0v) is 13.7. The third kappa shape index (κ3) is 2.81. The van der Waals surface area contributed by atoms with Gasteiger partial charge in [0.05, 0.1) is 5.69 Å². The summed E-state index contributed by atoms with van der Waals surface area (Å²) in [5, 5.41) is 5.04. The van der Waals surface area contributed by atoms with Crippen molar-refractivity contribution in [2.45, 2.75) is 13.3 Å². The molecule has 3 aromatic carbocycles. The number of benzene rings is 3. The minimum Gasteiger partial charge on any atom is -0.256 e. The number of aromatic nitrogens is 1. The molecule has 0 N–H and O–H groups in total. The predicted octanol–water partition coefficient (Wildman–Crippen LogP) is 6.03. The summed E-state index contributed by atoms with van der Waals surface area (Å²) in [6, 6.07) is 25.7. The molecule has 0 fully saturated rings. The van der Waals surface area contributed by atoms with Gasteiger partial charge in [-0.25, -0.2) is 0 Å². The lowest BCUT2D eigenvalue weighted by atomic mass is 10.0. The van der Waals surface area contributed by atoms with Crippen LogP contribution in [-0.4, -0.2) is 4.98 Å². The second-order valence-electron chi connectivity index (χ2n) is 6.15. The number of pyridine rings is 1. The van der Waals surface area contributed by atoms with E-state index in [1.807, 2.05) is 6.20 Å². The fraction of sp³-hybridized carbons (Fsp3) is 0.0870. The Morgan fingerprint density at radius 2 is 1.58 bits per heavy atom. The summed E-state index contributed by atoms with van der Waals surface area (Å²) in [5.74, 6) is 0. The van der Waals surface area contributed by atoms with Gasteiger partial charge in [0.25, 0.3) is 0 Å². The molecule has 0 saturated carbocycles. The van der Waals surface area contributed by atoms with Crippen molar-refractivity contribution in [3.05, 3.63) is 96.3 Å². The van der Waals surface area contributed by atoms with Gasteiger partial charge in [0.15, 0.2) is 0 Å². The fourth-order valence-corrected chi connectivity index (χ4v) is 3.17. The highest BCUT2D eigenvalue weighted by Gasteiger charge is 2.04. The molecular weight excluding hydrogens is 290 g/mol. The minimum atomic E-state index is 0.918. The van der Waals surface area contributed by atoms with Crippen molar-refractivity contribution >= 4 is 27.1 Å². The predicted molar refractivity (Wildman–Crippen MR) is 103 cm³/mol. The molecule has 0 saturated heterocycles. The molecule has 0 aliphatic heterocycles. The molecule has 24 heavy (non-hydrogen) atoms. The number of hydrogen-bond acceptors (Lipinski definition) is 1. The molecule has 0 aliphatic carbocycles. The highest BCUT2D eigenvalue weighted by molar-refractivity contribution is 5.91. The summed E-state index contributed by atoms with van der Waals surface area (Å²) in [4.78, 5) is 4.60. The van der Waals surface area contributed by atoms with E-state index in [4.69, 9.17) is 0 Å². The Kier molecular flexibility index (Phi) is 3.84.